The Bertz CT molecular complexity index is 255. The molecule has 0 bridgehead atoms. The van der Waals surface area contributed by atoms with Crippen LogP contribution in [0.4, 0.5) is 0 Å². The molecule has 0 aliphatic heterocycles. The molecule has 0 saturated carbocycles. The van der Waals surface area contributed by atoms with Crippen molar-refractivity contribution >= 4 is 19.7 Å². The number of ether oxygens (including phenoxy) is 3. The van der Waals surface area contributed by atoms with Gasteiger partial charge >= 0.3 is 0 Å². The standard InChI is InChI=1S/C9H19ClO5S/c1-3-13-8-9(2)15-5-4-14-6-7-16(10,11)12/h9H,3-8H2,1-2H3. The lowest BCUT2D eigenvalue weighted by Crippen LogP contribution is -2.19. The third-order valence-electron chi connectivity index (χ3n) is 1.66. The molecule has 0 aliphatic rings. The first-order valence-corrected chi connectivity index (χ1v) is 7.63. The minimum absolute atomic E-state index is 0.0142. The third-order valence-corrected chi connectivity index (χ3v) is 2.78. The normalized spacial score (nSPS) is 13.9. The van der Waals surface area contributed by atoms with Crippen LogP contribution in [0.5, 0.6) is 0 Å². The molecule has 16 heavy (non-hydrogen) atoms. The molecule has 7 heteroatoms. The van der Waals surface area contributed by atoms with E-state index in [1.165, 1.54) is 0 Å². The van der Waals surface area contributed by atoms with Gasteiger partial charge < -0.3 is 14.2 Å². The van der Waals surface area contributed by atoms with E-state index in [1.807, 2.05) is 13.8 Å². The number of rotatable bonds is 10. The van der Waals surface area contributed by atoms with E-state index in [0.29, 0.717) is 26.4 Å². The van der Waals surface area contributed by atoms with Crippen LogP contribution in [0.1, 0.15) is 13.8 Å². The van der Waals surface area contributed by atoms with E-state index >= 15 is 0 Å². The van der Waals surface area contributed by atoms with Gasteiger partial charge in [0, 0.05) is 17.3 Å². The van der Waals surface area contributed by atoms with Crippen molar-refractivity contribution < 1.29 is 22.6 Å². The average molecular weight is 275 g/mol. The average Bonchev–Trinajstić information content (AvgIpc) is 2.18. The Morgan fingerprint density at radius 1 is 1.19 bits per heavy atom. The van der Waals surface area contributed by atoms with Gasteiger partial charge in [-0.3, -0.25) is 0 Å². The van der Waals surface area contributed by atoms with E-state index in [-0.39, 0.29) is 18.5 Å². The first kappa shape index (κ1) is 16.1. The van der Waals surface area contributed by atoms with Gasteiger partial charge in [-0.25, -0.2) is 8.42 Å². The zero-order valence-corrected chi connectivity index (χ0v) is 11.2. The molecule has 5 nitrogen and oxygen atoms in total. The molecule has 0 aromatic heterocycles. The molecule has 0 rings (SSSR count). The first-order chi connectivity index (χ1) is 7.45. The maximum Gasteiger partial charge on any atom is 0.234 e. The molecule has 0 fully saturated rings. The van der Waals surface area contributed by atoms with E-state index in [0.717, 1.165) is 0 Å². The summed E-state index contributed by atoms with van der Waals surface area (Å²) in [4.78, 5) is 0. The molecule has 0 aromatic carbocycles. The highest BCUT2D eigenvalue weighted by molar-refractivity contribution is 8.13. The van der Waals surface area contributed by atoms with Crippen LogP contribution in [-0.2, 0) is 23.3 Å². The van der Waals surface area contributed by atoms with Crippen molar-refractivity contribution in [2.24, 2.45) is 0 Å². The van der Waals surface area contributed by atoms with Crippen molar-refractivity contribution in [1.29, 1.82) is 0 Å². The molecule has 0 saturated heterocycles. The largest absolute Gasteiger partial charge is 0.379 e. The molecule has 0 spiro atoms. The zero-order chi connectivity index (χ0) is 12.4. The Hall–Kier alpha value is 0.120. The Kier molecular flexibility index (Phi) is 9.25. The summed E-state index contributed by atoms with van der Waals surface area (Å²) in [7, 11) is 1.54. The highest BCUT2D eigenvalue weighted by atomic mass is 35.7. The fourth-order valence-corrected chi connectivity index (χ4v) is 1.41. The van der Waals surface area contributed by atoms with Gasteiger partial charge in [0.05, 0.1) is 38.3 Å². The molecule has 0 amide bonds. The number of hydrogen-bond donors (Lipinski definition) is 0. The van der Waals surface area contributed by atoms with Gasteiger partial charge in [-0.2, -0.15) is 0 Å². The fraction of sp³-hybridized carbons (Fsp3) is 1.00. The SMILES string of the molecule is CCOCC(C)OCCOCCS(=O)(=O)Cl. The van der Waals surface area contributed by atoms with E-state index in [1.54, 1.807) is 0 Å². The maximum absolute atomic E-state index is 10.5. The van der Waals surface area contributed by atoms with Crippen LogP contribution in [0.2, 0.25) is 0 Å². The first-order valence-electron chi connectivity index (χ1n) is 5.15. The van der Waals surface area contributed by atoms with Gasteiger partial charge in [-0.15, -0.1) is 0 Å². The van der Waals surface area contributed by atoms with Crippen molar-refractivity contribution in [2.75, 3.05) is 38.8 Å². The molecule has 0 radical (unpaired) electrons. The highest BCUT2D eigenvalue weighted by Crippen LogP contribution is 1.96. The highest BCUT2D eigenvalue weighted by Gasteiger charge is 2.05. The summed E-state index contributed by atoms with van der Waals surface area (Å²) in [6.45, 7) is 5.89. The predicted molar refractivity (Wildman–Crippen MR) is 62.4 cm³/mol. The Balaban J connectivity index is 3.27. The van der Waals surface area contributed by atoms with Crippen LogP contribution < -0.4 is 0 Å². The molecule has 0 aromatic rings. The lowest BCUT2D eigenvalue weighted by Gasteiger charge is -2.12. The van der Waals surface area contributed by atoms with Crippen LogP contribution in [0.25, 0.3) is 0 Å². The summed E-state index contributed by atoms with van der Waals surface area (Å²) in [5.74, 6) is -0.178. The Morgan fingerprint density at radius 3 is 2.44 bits per heavy atom. The van der Waals surface area contributed by atoms with Crippen molar-refractivity contribution in [1.82, 2.24) is 0 Å². The van der Waals surface area contributed by atoms with Crippen LogP contribution in [-0.4, -0.2) is 53.3 Å². The summed E-state index contributed by atoms with van der Waals surface area (Å²) < 4.78 is 36.6. The molecule has 98 valence electrons. The molecular weight excluding hydrogens is 256 g/mol. The second-order valence-electron chi connectivity index (χ2n) is 3.20. The van der Waals surface area contributed by atoms with Gasteiger partial charge in [-0.05, 0) is 13.8 Å². The summed E-state index contributed by atoms with van der Waals surface area (Å²) in [5, 5.41) is 0. The topological polar surface area (TPSA) is 61.8 Å². The van der Waals surface area contributed by atoms with Gasteiger partial charge in [0.25, 0.3) is 0 Å². The fourth-order valence-electron chi connectivity index (χ4n) is 0.901. The van der Waals surface area contributed by atoms with Crippen LogP contribution in [0.3, 0.4) is 0 Å². The molecular formula is C9H19ClO5S. The number of halogens is 1. The number of hydrogen-bond acceptors (Lipinski definition) is 5. The minimum atomic E-state index is -3.45. The van der Waals surface area contributed by atoms with E-state index in [9.17, 15) is 8.42 Å². The van der Waals surface area contributed by atoms with Crippen molar-refractivity contribution in [3.8, 4) is 0 Å². The maximum atomic E-state index is 10.5. The second kappa shape index (κ2) is 9.18. The van der Waals surface area contributed by atoms with Crippen molar-refractivity contribution in [3.63, 3.8) is 0 Å². The van der Waals surface area contributed by atoms with E-state index in [4.69, 9.17) is 24.9 Å². The van der Waals surface area contributed by atoms with Crippen LogP contribution in [0, 0.1) is 0 Å². The minimum Gasteiger partial charge on any atom is -0.379 e. The van der Waals surface area contributed by atoms with Crippen LogP contribution >= 0.6 is 10.7 Å². The summed E-state index contributed by atoms with van der Waals surface area (Å²) in [5.41, 5.74) is 0. The van der Waals surface area contributed by atoms with Gasteiger partial charge in [0.2, 0.25) is 9.05 Å². The van der Waals surface area contributed by atoms with Gasteiger partial charge in [-0.1, -0.05) is 0 Å². The molecule has 0 heterocycles. The lowest BCUT2D eigenvalue weighted by atomic mass is 10.4. The van der Waals surface area contributed by atoms with Crippen molar-refractivity contribution in [2.45, 2.75) is 20.0 Å². The second-order valence-corrected chi connectivity index (χ2v) is 6.09. The summed E-state index contributed by atoms with van der Waals surface area (Å²) >= 11 is 0. The zero-order valence-electron chi connectivity index (χ0n) is 9.65. The Labute approximate surface area is 101 Å². The third kappa shape index (κ3) is 12.2. The van der Waals surface area contributed by atoms with Crippen molar-refractivity contribution in [3.05, 3.63) is 0 Å². The quantitative estimate of drug-likeness (QED) is 0.440. The summed E-state index contributed by atoms with van der Waals surface area (Å²) in [6, 6.07) is 0. The smallest absolute Gasteiger partial charge is 0.234 e. The van der Waals surface area contributed by atoms with Crippen LogP contribution in [0.15, 0.2) is 0 Å². The van der Waals surface area contributed by atoms with E-state index in [2.05, 4.69) is 0 Å². The monoisotopic (exact) mass is 274 g/mol. The Morgan fingerprint density at radius 2 is 1.88 bits per heavy atom. The summed E-state index contributed by atoms with van der Waals surface area (Å²) in [6.07, 6.45) is 0.0142. The van der Waals surface area contributed by atoms with Gasteiger partial charge in [0.1, 0.15) is 0 Å². The molecule has 1 atom stereocenters. The van der Waals surface area contributed by atoms with Gasteiger partial charge in [0.15, 0.2) is 0 Å². The molecule has 1 unspecified atom stereocenters. The lowest BCUT2D eigenvalue weighted by molar-refractivity contribution is -0.0259. The molecule has 0 N–H and O–H groups in total. The predicted octanol–water partition coefficient (Wildman–Crippen LogP) is 1.01. The van der Waals surface area contributed by atoms with E-state index < -0.39 is 9.05 Å². The molecule has 0 aliphatic carbocycles.